The van der Waals surface area contributed by atoms with E-state index >= 15 is 0 Å². The van der Waals surface area contributed by atoms with Crippen molar-refractivity contribution >= 4 is 23.0 Å². The Bertz CT molecular complexity index is 945. The van der Waals surface area contributed by atoms with Gasteiger partial charge < -0.3 is 15.4 Å². The minimum absolute atomic E-state index is 0.0160. The smallest absolute Gasteiger partial charge is 0.271 e. The van der Waals surface area contributed by atoms with Crippen LogP contribution >= 0.6 is 0 Å². The number of carbonyl (C=O) groups excluding carboxylic acids is 1. The molecule has 3 aromatic rings. The third-order valence-electron chi connectivity index (χ3n) is 3.64. The highest BCUT2D eigenvalue weighted by Gasteiger charge is 2.09. The fourth-order valence-corrected chi connectivity index (χ4v) is 2.40. The number of ether oxygens (including phenoxy) is 1. The van der Waals surface area contributed by atoms with Gasteiger partial charge in [-0.25, -0.2) is 0 Å². The summed E-state index contributed by atoms with van der Waals surface area (Å²) in [5, 5.41) is 16.5. The first kappa shape index (κ1) is 17.9. The van der Waals surface area contributed by atoms with Crippen LogP contribution in [0.3, 0.4) is 0 Å². The van der Waals surface area contributed by atoms with E-state index in [0.717, 1.165) is 0 Å². The van der Waals surface area contributed by atoms with Crippen LogP contribution in [0.25, 0.3) is 0 Å². The van der Waals surface area contributed by atoms with Gasteiger partial charge in [-0.2, -0.15) is 0 Å². The quantitative estimate of drug-likeness (QED) is 0.478. The summed E-state index contributed by atoms with van der Waals surface area (Å²) in [6.07, 6.45) is 0. The van der Waals surface area contributed by atoms with E-state index in [2.05, 4.69) is 10.6 Å². The first-order valence-electron chi connectivity index (χ1n) is 8.22. The van der Waals surface area contributed by atoms with Crippen LogP contribution in [0.1, 0.15) is 0 Å². The summed E-state index contributed by atoms with van der Waals surface area (Å²) in [6, 6.07) is 22.4. The van der Waals surface area contributed by atoms with E-state index in [1.54, 1.807) is 18.2 Å². The third-order valence-corrected chi connectivity index (χ3v) is 3.64. The molecule has 0 spiro atoms. The van der Waals surface area contributed by atoms with Gasteiger partial charge in [0.1, 0.15) is 5.75 Å². The van der Waals surface area contributed by atoms with Gasteiger partial charge in [0.15, 0.2) is 5.75 Å². The Morgan fingerprint density at radius 1 is 0.963 bits per heavy atom. The summed E-state index contributed by atoms with van der Waals surface area (Å²) in [6.45, 7) is -0.0160. The molecule has 0 aliphatic heterocycles. The molecule has 2 N–H and O–H groups in total. The minimum Gasteiger partial charge on any atom is -0.455 e. The van der Waals surface area contributed by atoms with E-state index in [1.165, 1.54) is 18.2 Å². The number of nitrogens with one attached hydrogen (secondary N) is 2. The number of anilines is 2. The Kier molecular flexibility index (Phi) is 5.64. The van der Waals surface area contributed by atoms with E-state index in [4.69, 9.17) is 4.74 Å². The maximum Gasteiger partial charge on any atom is 0.271 e. The average molecular weight is 363 g/mol. The molecule has 0 saturated carbocycles. The molecule has 7 nitrogen and oxygen atoms in total. The first-order valence-corrected chi connectivity index (χ1v) is 8.22. The number of para-hydroxylation sites is 3. The fourth-order valence-electron chi connectivity index (χ4n) is 2.40. The summed E-state index contributed by atoms with van der Waals surface area (Å²) in [5.41, 5.74) is 0.947. The van der Waals surface area contributed by atoms with Crippen molar-refractivity contribution in [3.63, 3.8) is 0 Å². The van der Waals surface area contributed by atoms with Crippen LogP contribution < -0.4 is 15.4 Å². The van der Waals surface area contributed by atoms with Crippen LogP contribution in [0.4, 0.5) is 17.1 Å². The first-order chi connectivity index (χ1) is 13.1. The molecule has 0 unspecified atom stereocenters. The topological polar surface area (TPSA) is 93.5 Å². The average Bonchev–Trinajstić information content (AvgIpc) is 2.68. The van der Waals surface area contributed by atoms with Gasteiger partial charge in [0, 0.05) is 17.8 Å². The summed E-state index contributed by atoms with van der Waals surface area (Å²) in [4.78, 5) is 22.4. The zero-order valence-corrected chi connectivity index (χ0v) is 14.3. The van der Waals surface area contributed by atoms with Crippen molar-refractivity contribution in [2.24, 2.45) is 0 Å². The lowest BCUT2D eigenvalue weighted by atomic mass is 10.2. The molecular formula is C20H17N3O4. The molecule has 0 fully saturated rings. The van der Waals surface area contributed by atoms with Gasteiger partial charge in [0.25, 0.3) is 5.69 Å². The molecule has 0 saturated heterocycles. The standard InChI is InChI=1S/C20H17N3O4/c24-20(22-15-7-6-8-16(13-15)23(25)26)14-21-18-11-4-5-12-19(18)27-17-9-2-1-3-10-17/h1-13,21H,14H2,(H,22,24). The van der Waals surface area contributed by atoms with Crippen molar-refractivity contribution in [2.75, 3.05) is 17.2 Å². The number of hydrogen-bond donors (Lipinski definition) is 2. The van der Waals surface area contributed by atoms with Crippen molar-refractivity contribution in [1.29, 1.82) is 0 Å². The van der Waals surface area contributed by atoms with Gasteiger partial charge in [-0.15, -0.1) is 0 Å². The number of carbonyl (C=O) groups is 1. The van der Waals surface area contributed by atoms with Gasteiger partial charge in [-0.05, 0) is 30.3 Å². The Morgan fingerprint density at radius 2 is 1.70 bits per heavy atom. The highest BCUT2D eigenvalue weighted by molar-refractivity contribution is 5.94. The van der Waals surface area contributed by atoms with Crippen molar-refractivity contribution in [2.45, 2.75) is 0 Å². The Hall–Kier alpha value is -3.87. The number of benzene rings is 3. The molecule has 136 valence electrons. The summed E-state index contributed by atoms with van der Waals surface area (Å²) >= 11 is 0. The largest absolute Gasteiger partial charge is 0.455 e. The number of nitrogens with zero attached hydrogens (tertiary/aromatic N) is 1. The van der Waals surface area contributed by atoms with E-state index in [1.807, 2.05) is 42.5 Å². The Labute approximate surface area is 155 Å². The van der Waals surface area contributed by atoms with Crippen molar-refractivity contribution in [3.8, 4) is 11.5 Å². The zero-order valence-electron chi connectivity index (χ0n) is 14.3. The minimum atomic E-state index is -0.509. The normalized spacial score (nSPS) is 10.1. The number of hydrogen-bond acceptors (Lipinski definition) is 5. The molecule has 27 heavy (non-hydrogen) atoms. The molecule has 0 heterocycles. The second kappa shape index (κ2) is 8.48. The molecule has 0 aliphatic rings. The lowest BCUT2D eigenvalue weighted by Gasteiger charge is -2.13. The molecule has 0 bridgehead atoms. The number of nitro groups is 1. The van der Waals surface area contributed by atoms with Gasteiger partial charge in [0.05, 0.1) is 17.2 Å². The van der Waals surface area contributed by atoms with Gasteiger partial charge >= 0.3 is 0 Å². The van der Waals surface area contributed by atoms with Crippen LogP contribution in [0.5, 0.6) is 11.5 Å². The molecule has 0 aromatic heterocycles. The number of nitro benzene ring substituents is 1. The van der Waals surface area contributed by atoms with Gasteiger partial charge in [-0.3, -0.25) is 14.9 Å². The molecule has 0 atom stereocenters. The second-order valence-corrected chi connectivity index (χ2v) is 5.62. The summed E-state index contributed by atoms with van der Waals surface area (Å²) in [7, 11) is 0. The molecular weight excluding hydrogens is 346 g/mol. The Morgan fingerprint density at radius 3 is 2.48 bits per heavy atom. The van der Waals surface area contributed by atoms with E-state index < -0.39 is 4.92 Å². The highest BCUT2D eigenvalue weighted by Crippen LogP contribution is 2.28. The van der Waals surface area contributed by atoms with Crippen LogP contribution in [-0.4, -0.2) is 17.4 Å². The molecule has 3 aromatic carbocycles. The lowest BCUT2D eigenvalue weighted by Crippen LogP contribution is -2.21. The number of rotatable bonds is 7. The number of non-ortho nitro benzene ring substituents is 1. The third kappa shape index (κ3) is 5.05. The van der Waals surface area contributed by atoms with Crippen LogP contribution in [0, 0.1) is 10.1 Å². The second-order valence-electron chi connectivity index (χ2n) is 5.62. The van der Waals surface area contributed by atoms with E-state index in [0.29, 0.717) is 22.9 Å². The predicted octanol–water partition coefficient (Wildman–Crippen LogP) is 4.44. The summed E-state index contributed by atoms with van der Waals surface area (Å²) in [5.74, 6) is 0.949. The maximum absolute atomic E-state index is 12.2. The zero-order chi connectivity index (χ0) is 19.1. The lowest BCUT2D eigenvalue weighted by molar-refractivity contribution is -0.384. The van der Waals surface area contributed by atoms with E-state index in [9.17, 15) is 14.9 Å². The SMILES string of the molecule is O=C(CNc1ccccc1Oc1ccccc1)Nc1cccc([N+](=O)[O-])c1. The van der Waals surface area contributed by atoms with Crippen LogP contribution in [0.2, 0.25) is 0 Å². The Balaban J connectivity index is 1.62. The molecule has 7 heteroatoms. The molecule has 0 radical (unpaired) electrons. The van der Waals surface area contributed by atoms with Crippen molar-refractivity contribution < 1.29 is 14.5 Å². The monoisotopic (exact) mass is 363 g/mol. The fraction of sp³-hybridized carbons (Fsp3) is 0.0500. The maximum atomic E-state index is 12.2. The predicted molar refractivity (Wildman–Crippen MR) is 103 cm³/mol. The number of amides is 1. The van der Waals surface area contributed by atoms with Crippen molar-refractivity contribution in [3.05, 3.63) is 89.0 Å². The van der Waals surface area contributed by atoms with Crippen LogP contribution in [0.15, 0.2) is 78.9 Å². The summed E-state index contributed by atoms with van der Waals surface area (Å²) < 4.78 is 5.83. The van der Waals surface area contributed by atoms with E-state index in [-0.39, 0.29) is 18.1 Å². The highest BCUT2D eigenvalue weighted by atomic mass is 16.6. The van der Waals surface area contributed by atoms with Gasteiger partial charge in [0.2, 0.25) is 5.91 Å². The van der Waals surface area contributed by atoms with Gasteiger partial charge in [-0.1, -0.05) is 36.4 Å². The molecule has 3 rings (SSSR count). The molecule has 1 amide bonds. The van der Waals surface area contributed by atoms with Crippen molar-refractivity contribution in [1.82, 2.24) is 0 Å². The van der Waals surface area contributed by atoms with Crippen LogP contribution in [-0.2, 0) is 4.79 Å². The molecule has 0 aliphatic carbocycles.